The fourth-order valence-corrected chi connectivity index (χ4v) is 3.14. The van der Waals surface area contributed by atoms with Crippen LogP contribution in [0.1, 0.15) is 39.2 Å². The Bertz CT molecular complexity index is 826. The van der Waals surface area contributed by atoms with E-state index >= 15 is 0 Å². The van der Waals surface area contributed by atoms with Gasteiger partial charge in [-0.3, -0.25) is 19.3 Å². The summed E-state index contributed by atoms with van der Waals surface area (Å²) >= 11 is 5.87. The average Bonchev–Trinajstić information content (AvgIpc) is 2.84. The molecular formula is C20H26ClN3O5. The highest BCUT2D eigenvalue weighted by molar-refractivity contribution is 6.30. The van der Waals surface area contributed by atoms with Crippen molar-refractivity contribution in [1.29, 1.82) is 0 Å². The fraction of sp³-hybridized carbons (Fsp3) is 0.500. The van der Waals surface area contributed by atoms with Crippen LogP contribution in [-0.2, 0) is 19.1 Å². The van der Waals surface area contributed by atoms with Gasteiger partial charge in [-0.15, -0.1) is 0 Å². The predicted octanol–water partition coefficient (Wildman–Crippen LogP) is 2.88. The zero-order chi connectivity index (χ0) is 21.8. The number of imide groups is 1. The first kappa shape index (κ1) is 22.7. The van der Waals surface area contributed by atoms with Crippen molar-refractivity contribution in [3.63, 3.8) is 0 Å². The zero-order valence-corrected chi connectivity index (χ0v) is 17.8. The van der Waals surface area contributed by atoms with E-state index in [1.54, 1.807) is 32.0 Å². The summed E-state index contributed by atoms with van der Waals surface area (Å²) in [5.41, 5.74) is 0.271. The SMILES string of the molecule is Cc1cc(Cl)ccc1NC(=O)COC(=O)CN1C(=O)N[C@](C)(CCC(C)C)C1=O. The van der Waals surface area contributed by atoms with E-state index in [9.17, 15) is 19.2 Å². The lowest BCUT2D eigenvalue weighted by atomic mass is 9.92. The summed E-state index contributed by atoms with van der Waals surface area (Å²) in [5.74, 6) is -1.48. The Labute approximate surface area is 174 Å². The second-order valence-electron chi connectivity index (χ2n) is 7.75. The molecule has 2 N–H and O–H groups in total. The summed E-state index contributed by atoms with van der Waals surface area (Å²) in [6.07, 6.45) is 1.23. The molecule has 0 aromatic heterocycles. The Morgan fingerprint density at radius 3 is 2.62 bits per heavy atom. The number of nitrogens with one attached hydrogen (secondary N) is 2. The van der Waals surface area contributed by atoms with Gasteiger partial charge < -0.3 is 15.4 Å². The number of urea groups is 1. The van der Waals surface area contributed by atoms with Crippen molar-refractivity contribution in [2.24, 2.45) is 5.92 Å². The minimum atomic E-state index is -1.04. The number of amides is 4. The fourth-order valence-electron chi connectivity index (χ4n) is 2.91. The first-order valence-corrected chi connectivity index (χ1v) is 9.75. The van der Waals surface area contributed by atoms with E-state index in [2.05, 4.69) is 10.6 Å². The van der Waals surface area contributed by atoms with Crippen molar-refractivity contribution in [2.45, 2.75) is 46.1 Å². The van der Waals surface area contributed by atoms with Gasteiger partial charge in [0.25, 0.3) is 11.8 Å². The Hall–Kier alpha value is -2.61. The minimum Gasteiger partial charge on any atom is -0.454 e. The lowest BCUT2D eigenvalue weighted by Gasteiger charge is -2.22. The van der Waals surface area contributed by atoms with E-state index in [0.717, 1.165) is 16.9 Å². The zero-order valence-electron chi connectivity index (χ0n) is 17.0. The summed E-state index contributed by atoms with van der Waals surface area (Å²) in [4.78, 5) is 49.6. The van der Waals surface area contributed by atoms with Crippen LogP contribution in [-0.4, -0.2) is 47.4 Å². The van der Waals surface area contributed by atoms with Crippen LogP contribution in [0.3, 0.4) is 0 Å². The van der Waals surface area contributed by atoms with Crippen molar-refractivity contribution >= 4 is 41.1 Å². The number of halogens is 1. The summed E-state index contributed by atoms with van der Waals surface area (Å²) in [5, 5.41) is 5.79. The number of nitrogens with zero attached hydrogens (tertiary/aromatic N) is 1. The summed E-state index contributed by atoms with van der Waals surface area (Å²) in [6, 6.07) is 4.32. The monoisotopic (exact) mass is 423 g/mol. The Balaban J connectivity index is 1.86. The molecule has 1 aliphatic heterocycles. The molecule has 1 aromatic carbocycles. The van der Waals surface area contributed by atoms with Crippen LogP contribution in [0.2, 0.25) is 5.02 Å². The number of hydrogen-bond donors (Lipinski definition) is 2. The standard InChI is InChI=1S/C20H26ClN3O5/c1-12(2)7-8-20(4)18(27)24(19(28)23-20)10-17(26)29-11-16(25)22-15-6-5-14(21)9-13(15)3/h5-6,9,12H,7-8,10-11H2,1-4H3,(H,22,25)(H,23,28)/t20-/m1/s1. The van der Waals surface area contributed by atoms with E-state index in [1.807, 2.05) is 13.8 Å². The van der Waals surface area contributed by atoms with Crippen LogP contribution in [0.15, 0.2) is 18.2 Å². The number of benzene rings is 1. The normalized spacial score (nSPS) is 18.8. The maximum atomic E-state index is 12.6. The highest BCUT2D eigenvalue weighted by Gasteiger charge is 2.48. The third-order valence-corrected chi connectivity index (χ3v) is 4.92. The molecule has 0 unspecified atom stereocenters. The molecule has 1 fully saturated rings. The molecule has 1 aliphatic rings. The number of carbonyl (C=O) groups is 4. The molecule has 0 aliphatic carbocycles. The number of esters is 1. The number of carbonyl (C=O) groups excluding carboxylic acids is 4. The highest BCUT2D eigenvalue weighted by atomic mass is 35.5. The molecule has 158 valence electrons. The van der Waals surface area contributed by atoms with E-state index in [-0.39, 0.29) is 0 Å². The van der Waals surface area contributed by atoms with Crippen LogP contribution in [0.4, 0.5) is 10.5 Å². The molecule has 4 amide bonds. The lowest BCUT2D eigenvalue weighted by molar-refractivity contribution is -0.150. The number of anilines is 1. The molecule has 1 atom stereocenters. The molecule has 1 aromatic rings. The first-order chi connectivity index (χ1) is 13.5. The Morgan fingerprint density at radius 1 is 1.31 bits per heavy atom. The van der Waals surface area contributed by atoms with Gasteiger partial charge in [-0.1, -0.05) is 25.4 Å². The van der Waals surface area contributed by atoms with Crippen LogP contribution in [0.5, 0.6) is 0 Å². The van der Waals surface area contributed by atoms with Crippen LogP contribution >= 0.6 is 11.6 Å². The highest BCUT2D eigenvalue weighted by Crippen LogP contribution is 2.24. The summed E-state index contributed by atoms with van der Waals surface area (Å²) < 4.78 is 4.91. The van der Waals surface area contributed by atoms with E-state index < -0.39 is 42.5 Å². The molecule has 9 heteroatoms. The van der Waals surface area contributed by atoms with Gasteiger partial charge in [0.15, 0.2) is 6.61 Å². The van der Waals surface area contributed by atoms with Crippen LogP contribution < -0.4 is 10.6 Å². The quantitative estimate of drug-likeness (QED) is 0.494. The topological polar surface area (TPSA) is 105 Å². The van der Waals surface area contributed by atoms with Gasteiger partial charge in [-0.25, -0.2) is 4.79 Å². The second kappa shape index (κ2) is 9.26. The third-order valence-electron chi connectivity index (χ3n) is 4.68. The van der Waals surface area contributed by atoms with Crippen LogP contribution in [0, 0.1) is 12.8 Å². The van der Waals surface area contributed by atoms with Crippen molar-refractivity contribution in [1.82, 2.24) is 10.2 Å². The molecular weight excluding hydrogens is 398 g/mol. The molecule has 8 nitrogen and oxygen atoms in total. The number of hydrogen-bond acceptors (Lipinski definition) is 5. The van der Waals surface area contributed by atoms with Gasteiger partial charge in [0.05, 0.1) is 0 Å². The van der Waals surface area contributed by atoms with Gasteiger partial charge >= 0.3 is 12.0 Å². The number of aryl methyl sites for hydroxylation is 1. The first-order valence-electron chi connectivity index (χ1n) is 9.37. The Morgan fingerprint density at radius 2 is 2.00 bits per heavy atom. The molecule has 0 bridgehead atoms. The molecule has 0 radical (unpaired) electrons. The van der Waals surface area contributed by atoms with Gasteiger partial charge in [0, 0.05) is 10.7 Å². The maximum Gasteiger partial charge on any atom is 0.326 e. The van der Waals surface area contributed by atoms with Crippen molar-refractivity contribution in [3.05, 3.63) is 28.8 Å². The largest absolute Gasteiger partial charge is 0.454 e. The van der Waals surface area contributed by atoms with Crippen molar-refractivity contribution in [3.8, 4) is 0 Å². The lowest BCUT2D eigenvalue weighted by Crippen LogP contribution is -2.44. The minimum absolute atomic E-state index is 0.373. The molecule has 29 heavy (non-hydrogen) atoms. The molecule has 0 spiro atoms. The van der Waals surface area contributed by atoms with Gasteiger partial charge in [0.2, 0.25) is 0 Å². The Kier molecular flexibility index (Phi) is 7.24. The predicted molar refractivity (Wildman–Crippen MR) is 108 cm³/mol. The van der Waals surface area contributed by atoms with Gasteiger partial charge in [-0.05, 0) is 56.4 Å². The van der Waals surface area contributed by atoms with Crippen molar-refractivity contribution < 1.29 is 23.9 Å². The van der Waals surface area contributed by atoms with E-state index in [0.29, 0.717) is 23.0 Å². The van der Waals surface area contributed by atoms with Crippen molar-refractivity contribution in [2.75, 3.05) is 18.5 Å². The van der Waals surface area contributed by atoms with E-state index in [4.69, 9.17) is 16.3 Å². The smallest absolute Gasteiger partial charge is 0.326 e. The number of rotatable bonds is 8. The summed E-state index contributed by atoms with van der Waals surface area (Å²) in [7, 11) is 0. The second-order valence-corrected chi connectivity index (χ2v) is 8.19. The number of ether oxygens (including phenoxy) is 1. The van der Waals surface area contributed by atoms with Gasteiger partial charge in [0.1, 0.15) is 12.1 Å². The third kappa shape index (κ3) is 5.93. The van der Waals surface area contributed by atoms with Gasteiger partial charge in [-0.2, -0.15) is 0 Å². The average molecular weight is 424 g/mol. The molecule has 1 saturated heterocycles. The molecule has 1 heterocycles. The van der Waals surface area contributed by atoms with E-state index in [1.165, 1.54) is 0 Å². The molecule has 2 rings (SSSR count). The van der Waals surface area contributed by atoms with Crippen LogP contribution in [0.25, 0.3) is 0 Å². The summed E-state index contributed by atoms with van der Waals surface area (Å²) in [6.45, 7) is 6.39. The maximum absolute atomic E-state index is 12.6. The molecule has 0 saturated carbocycles.